The van der Waals surface area contributed by atoms with Gasteiger partial charge in [-0.15, -0.1) is 0 Å². The summed E-state index contributed by atoms with van der Waals surface area (Å²) in [6, 6.07) is 9.14. The first-order valence-corrected chi connectivity index (χ1v) is 10.4. The van der Waals surface area contributed by atoms with E-state index >= 15 is 0 Å². The number of hydrogen-bond acceptors (Lipinski definition) is 6. The minimum absolute atomic E-state index is 0.0897. The summed E-state index contributed by atoms with van der Waals surface area (Å²) in [6.45, 7) is -0.0974. The Morgan fingerprint density at radius 3 is 2.50 bits per heavy atom. The molecule has 0 saturated heterocycles. The molecule has 1 atom stereocenters. The van der Waals surface area contributed by atoms with Gasteiger partial charge in [-0.2, -0.15) is 0 Å². The van der Waals surface area contributed by atoms with Crippen LogP contribution in [0.15, 0.2) is 36.4 Å². The van der Waals surface area contributed by atoms with E-state index in [0.29, 0.717) is 17.1 Å². The summed E-state index contributed by atoms with van der Waals surface area (Å²) < 4.78 is 35.4. The van der Waals surface area contributed by atoms with Crippen LogP contribution >= 0.6 is 11.6 Å². The highest BCUT2D eigenvalue weighted by Gasteiger charge is 2.17. The van der Waals surface area contributed by atoms with Crippen molar-refractivity contribution in [2.45, 2.75) is 6.10 Å². The zero-order valence-electron chi connectivity index (χ0n) is 15.5. The van der Waals surface area contributed by atoms with Gasteiger partial charge < -0.3 is 19.9 Å². The second kappa shape index (κ2) is 9.13. The second-order valence-corrected chi connectivity index (χ2v) is 8.06. The molecule has 152 valence electrons. The molecule has 0 radical (unpaired) electrons. The first-order valence-electron chi connectivity index (χ1n) is 8.10. The van der Waals surface area contributed by atoms with E-state index < -0.39 is 22.0 Å². The molecule has 28 heavy (non-hydrogen) atoms. The van der Waals surface area contributed by atoms with Crippen molar-refractivity contribution in [2.24, 2.45) is 0 Å². The molecule has 0 spiro atoms. The number of carbonyl (C=O) groups excluding carboxylic acids is 1. The van der Waals surface area contributed by atoms with Gasteiger partial charge >= 0.3 is 0 Å². The minimum Gasteiger partial charge on any atom is -0.497 e. The van der Waals surface area contributed by atoms with Crippen molar-refractivity contribution < 1.29 is 27.8 Å². The molecule has 0 fully saturated rings. The zero-order chi connectivity index (χ0) is 20.9. The number of aliphatic hydroxyl groups is 1. The Kier molecular flexibility index (Phi) is 7.11. The Morgan fingerprint density at radius 2 is 1.89 bits per heavy atom. The molecule has 1 unspecified atom stereocenters. The van der Waals surface area contributed by atoms with Gasteiger partial charge in [-0.3, -0.25) is 9.52 Å². The SMILES string of the molecule is COc1ccc(OC)c(C(O)CNC(=O)c2ccc(Cl)c(NS(C)(=O)=O)c2)c1. The molecular weight excluding hydrogens is 408 g/mol. The van der Waals surface area contributed by atoms with Gasteiger partial charge in [0.15, 0.2) is 0 Å². The van der Waals surface area contributed by atoms with Gasteiger partial charge in [0.1, 0.15) is 17.6 Å². The summed E-state index contributed by atoms with van der Waals surface area (Å²) in [7, 11) is -0.575. The van der Waals surface area contributed by atoms with Crippen LogP contribution in [0.25, 0.3) is 0 Å². The Balaban J connectivity index is 2.13. The molecule has 0 heterocycles. The number of ether oxygens (including phenoxy) is 2. The summed E-state index contributed by atoms with van der Waals surface area (Å²) in [6.07, 6.45) is -0.0663. The summed E-state index contributed by atoms with van der Waals surface area (Å²) in [5.74, 6) is 0.484. The van der Waals surface area contributed by atoms with Crippen molar-refractivity contribution in [1.82, 2.24) is 5.32 Å². The van der Waals surface area contributed by atoms with Crippen LogP contribution in [0.3, 0.4) is 0 Å². The van der Waals surface area contributed by atoms with Gasteiger partial charge in [0.2, 0.25) is 10.0 Å². The van der Waals surface area contributed by atoms with E-state index in [1.165, 1.54) is 32.4 Å². The average molecular weight is 429 g/mol. The number of anilines is 1. The van der Waals surface area contributed by atoms with Gasteiger partial charge in [-0.05, 0) is 36.4 Å². The summed E-state index contributed by atoms with van der Waals surface area (Å²) in [4.78, 5) is 12.4. The van der Waals surface area contributed by atoms with E-state index in [2.05, 4.69) is 10.0 Å². The van der Waals surface area contributed by atoms with Crippen molar-refractivity contribution in [1.29, 1.82) is 0 Å². The third-order valence-electron chi connectivity index (χ3n) is 3.78. The molecule has 2 aromatic carbocycles. The van der Waals surface area contributed by atoms with Crippen LogP contribution in [0.4, 0.5) is 5.69 Å². The molecule has 10 heteroatoms. The van der Waals surface area contributed by atoms with Crippen LogP contribution in [-0.4, -0.2) is 46.5 Å². The number of methoxy groups -OCH3 is 2. The van der Waals surface area contributed by atoms with Gasteiger partial charge in [0.05, 0.1) is 31.2 Å². The molecule has 0 aliphatic carbocycles. The van der Waals surface area contributed by atoms with Gasteiger partial charge in [0, 0.05) is 17.7 Å². The smallest absolute Gasteiger partial charge is 0.251 e. The highest BCUT2D eigenvalue weighted by molar-refractivity contribution is 7.92. The number of nitrogens with one attached hydrogen (secondary N) is 2. The van der Waals surface area contributed by atoms with Crippen molar-refractivity contribution >= 4 is 33.2 Å². The number of amides is 1. The molecule has 2 aromatic rings. The Morgan fingerprint density at radius 1 is 1.18 bits per heavy atom. The lowest BCUT2D eigenvalue weighted by Crippen LogP contribution is -2.28. The molecule has 8 nitrogen and oxygen atoms in total. The normalized spacial score (nSPS) is 12.2. The van der Waals surface area contributed by atoms with E-state index in [0.717, 1.165) is 6.26 Å². The zero-order valence-corrected chi connectivity index (χ0v) is 17.1. The third-order valence-corrected chi connectivity index (χ3v) is 4.70. The maximum Gasteiger partial charge on any atom is 0.251 e. The van der Waals surface area contributed by atoms with Crippen LogP contribution < -0.4 is 19.5 Å². The number of sulfonamides is 1. The first-order chi connectivity index (χ1) is 13.1. The number of hydrogen-bond donors (Lipinski definition) is 3. The molecule has 0 saturated carbocycles. The Hall–Kier alpha value is -2.49. The number of rotatable bonds is 8. The maximum absolute atomic E-state index is 12.4. The number of aliphatic hydroxyl groups excluding tert-OH is 1. The van der Waals surface area contributed by atoms with Crippen LogP contribution in [0, 0.1) is 0 Å². The number of benzene rings is 2. The largest absolute Gasteiger partial charge is 0.497 e. The van der Waals surface area contributed by atoms with Crippen molar-refractivity contribution in [3.63, 3.8) is 0 Å². The molecule has 0 aliphatic heterocycles. The Labute approximate surface area is 168 Å². The quantitative estimate of drug-likeness (QED) is 0.593. The number of carbonyl (C=O) groups is 1. The lowest BCUT2D eigenvalue weighted by atomic mass is 10.1. The molecule has 2 rings (SSSR count). The standard InChI is InChI=1S/C18H21ClN2O6S/c1-26-12-5-7-17(27-2)13(9-12)16(22)10-20-18(23)11-4-6-14(19)15(8-11)21-28(3,24)25/h4-9,16,21-22H,10H2,1-3H3,(H,20,23). The van der Waals surface area contributed by atoms with Crippen molar-refractivity contribution in [2.75, 3.05) is 31.7 Å². The van der Waals surface area contributed by atoms with Gasteiger partial charge in [-0.25, -0.2) is 8.42 Å². The molecule has 0 aromatic heterocycles. The fourth-order valence-corrected chi connectivity index (χ4v) is 3.23. The monoisotopic (exact) mass is 428 g/mol. The predicted octanol–water partition coefficient (Wildman–Crippen LogP) is 2.19. The van der Waals surface area contributed by atoms with Crippen molar-refractivity contribution in [3.05, 3.63) is 52.5 Å². The lowest BCUT2D eigenvalue weighted by Gasteiger charge is -2.17. The first kappa shape index (κ1) is 21.8. The van der Waals surface area contributed by atoms with Crippen molar-refractivity contribution in [3.8, 4) is 11.5 Å². The van der Waals surface area contributed by atoms with Gasteiger partial charge in [-0.1, -0.05) is 11.6 Å². The van der Waals surface area contributed by atoms with E-state index in [4.69, 9.17) is 21.1 Å². The molecule has 3 N–H and O–H groups in total. The topological polar surface area (TPSA) is 114 Å². The highest BCUT2D eigenvalue weighted by Crippen LogP contribution is 2.29. The predicted molar refractivity (Wildman–Crippen MR) is 107 cm³/mol. The summed E-state index contributed by atoms with van der Waals surface area (Å²) in [5, 5.41) is 13.2. The van der Waals surface area contributed by atoms with E-state index in [1.54, 1.807) is 18.2 Å². The van der Waals surface area contributed by atoms with Gasteiger partial charge in [0.25, 0.3) is 5.91 Å². The Bertz CT molecular complexity index is 965. The fourth-order valence-electron chi connectivity index (χ4n) is 2.45. The van der Waals surface area contributed by atoms with Crippen LogP contribution in [0.5, 0.6) is 11.5 Å². The maximum atomic E-state index is 12.4. The minimum atomic E-state index is -3.55. The second-order valence-electron chi connectivity index (χ2n) is 5.90. The average Bonchev–Trinajstić information content (AvgIpc) is 2.65. The fraction of sp³-hybridized carbons (Fsp3) is 0.278. The van der Waals surface area contributed by atoms with E-state index in [1.807, 2.05) is 0 Å². The van der Waals surface area contributed by atoms with Crippen LogP contribution in [0.1, 0.15) is 22.0 Å². The number of halogens is 1. The summed E-state index contributed by atoms with van der Waals surface area (Å²) >= 11 is 5.95. The van der Waals surface area contributed by atoms with E-state index in [-0.39, 0.29) is 22.8 Å². The van der Waals surface area contributed by atoms with E-state index in [9.17, 15) is 18.3 Å². The highest BCUT2D eigenvalue weighted by atomic mass is 35.5. The van der Waals surface area contributed by atoms with Crippen LogP contribution in [-0.2, 0) is 10.0 Å². The van der Waals surface area contributed by atoms with Crippen LogP contribution in [0.2, 0.25) is 5.02 Å². The molecule has 1 amide bonds. The molecule has 0 aliphatic rings. The third kappa shape index (κ3) is 5.75. The lowest BCUT2D eigenvalue weighted by molar-refractivity contribution is 0.0914. The molecule has 0 bridgehead atoms. The summed E-state index contributed by atoms with van der Waals surface area (Å²) in [5.41, 5.74) is 0.727. The molecular formula is C18H21ClN2O6S.